The third-order valence-corrected chi connectivity index (χ3v) is 7.15. The molecule has 0 bridgehead atoms. The van der Waals surface area contributed by atoms with Crippen molar-refractivity contribution in [3.8, 4) is 0 Å². The predicted molar refractivity (Wildman–Crippen MR) is 121 cm³/mol. The van der Waals surface area contributed by atoms with Gasteiger partial charge < -0.3 is 15.3 Å². The summed E-state index contributed by atoms with van der Waals surface area (Å²) < 4.78 is 0. The van der Waals surface area contributed by atoms with Crippen molar-refractivity contribution in [2.45, 2.75) is 31.3 Å². The zero-order valence-corrected chi connectivity index (χ0v) is 17.7. The number of hydrogen-bond donors (Lipinski definition) is 2. The summed E-state index contributed by atoms with van der Waals surface area (Å²) in [4.78, 5) is 4.89. The number of allylic oxidation sites excluding steroid dienone is 2. The summed E-state index contributed by atoms with van der Waals surface area (Å²) in [5.74, 6) is 0. The van der Waals surface area contributed by atoms with E-state index in [0.29, 0.717) is 6.04 Å². The molecule has 1 fully saturated rings. The molecule has 0 radical (unpaired) electrons. The average molecular weight is 411 g/mol. The summed E-state index contributed by atoms with van der Waals surface area (Å²) in [6, 6.07) is 8.99. The van der Waals surface area contributed by atoms with Crippen LogP contribution in [0, 0.1) is 0 Å². The zero-order chi connectivity index (χ0) is 19.3. The fourth-order valence-electron chi connectivity index (χ4n) is 3.93. The van der Waals surface area contributed by atoms with E-state index in [9.17, 15) is 5.11 Å². The number of hydrogen-bond acceptors (Lipinski definition) is 5. The van der Waals surface area contributed by atoms with Crippen molar-refractivity contribution >= 4 is 34.8 Å². The minimum atomic E-state index is 0.106. The van der Waals surface area contributed by atoms with E-state index in [-0.39, 0.29) is 12.6 Å². The van der Waals surface area contributed by atoms with E-state index < -0.39 is 0 Å². The van der Waals surface area contributed by atoms with Crippen LogP contribution in [0.25, 0.3) is 12.2 Å². The minimum absolute atomic E-state index is 0.106. The molecule has 2 aromatic heterocycles. The summed E-state index contributed by atoms with van der Waals surface area (Å²) in [6.07, 6.45) is 14.1. The Morgan fingerprint density at radius 2 is 1.93 bits per heavy atom. The molecule has 146 valence electrons. The van der Waals surface area contributed by atoms with Crippen molar-refractivity contribution < 1.29 is 5.11 Å². The molecule has 2 aliphatic rings. The molecule has 2 aliphatic heterocycles. The van der Waals surface area contributed by atoms with Crippen LogP contribution in [0.15, 0.2) is 70.2 Å². The number of likely N-dealkylation sites (tertiary alicyclic amines) is 1. The standard InChI is InChI=1S/C23H26N2OS2/c1-25-18(8-11-20-5-3-15-28-20)9-13-23(25)21(16-26)22-12-7-17(24-22)6-10-19-4-2-14-27-19/h2-8,10-11,14-15,18,22,24,26H,9,12-13,16H2,1H3/b10-6+,11-8+,23-21-. The minimum Gasteiger partial charge on any atom is -0.392 e. The van der Waals surface area contributed by atoms with Crippen molar-refractivity contribution in [1.82, 2.24) is 10.2 Å². The number of aliphatic hydroxyl groups is 1. The van der Waals surface area contributed by atoms with Gasteiger partial charge in [-0.2, -0.15) is 0 Å². The highest BCUT2D eigenvalue weighted by Gasteiger charge is 2.29. The number of thiophene rings is 2. The number of nitrogens with zero attached hydrogens (tertiary/aromatic N) is 1. The Labute approximate surface area is 175 Å². The molecule has 3 nitrogen and oxygen atoms in total. The lowest BCUT2D eigenvalue weighted by atomic mass is 10.0. The maximum Gasteiger partial charge on any atom is 0.0681 e. The van der Waals surface area contributed by atoms with E-state index in [2.05, 4.69) is 82.7 Å². The normalized spacial score (nSPS) is 24.4. The lowest BCUT2D eigenvalue weighted by molar-refractivity contribution is 0.308. The molecule has 0 saturated carbocycles. The summed E-state index contributed by atoms with van der Waals surface area (Å²) in [5, 5.41) is 17.9. The average Bonchev–Trinajstić information content (AvgIpc) is 3.49. The first kappa shape index (κ1) is 19.2. The lowest BCUT2D eigenvalue weighted by Gasteiger charge is -2.26. The highest BCUT2D eigenvalue weighted by molar-refractivity contribution is 7.11. The van der Waals surface area contributed by atoms with Crippen LogP contribution in [0.2, 0.25) is 0 Å². The molecule has 2 unspecified atom stereocenters. The van der Waals surface area contributed by atoms with Crippen molar-refractivity contribution in [3.63, 3.8) is 0 Å². The quantitative estimate of drug-likeness (QED) is 0.694. The number of nitrogens with one attached hydrogen (secondary N) is 1. The Morgan fingerprint density at radius 3 is 2.61 bits per heavy atom. The van der Waals surface area contributed by atoms with Crippen LogP contribution in [0.3, 0.4) is 0 Å². The van der Waals surface area contributed by atoms with E-state index in [1.807, 2.05) is 0 Å². The molecule has 28 heavy (non-hydrogen) atoms. The Morgan fingerprint density at radius 1 is 1.18 bits per heavy atom. The topological polar surface area (TPSA) is 35.5 Å². The molecule has 4 rings (SSSR count). The second-order valence-electron chi connectivity index (χ2n) is 7.16. The number of rotatable bonds is 6. The third-order valence-electron chi connectivity index (χ3n) is 5.47. The molecule has 2 N–H and O–H groups in total. The smallest absolute Gasteiger partial charge is 0.0681 e. The fourth-order valence-corrected chi connectivity index (χ4v) is 5.18. The second-order valence-corrected chi connectivity index (χ2v) is 9.12. The van der Waals surface area contributed by atoms with Gasteiger partial charge in [0.2, 0.25) is 0 Å². The summed E-state index contributed by atoms with van der Waals surface area (Å²) in [5.41, 5.74) is 3.56. The molecule has 0 aromatic carbocycles. The molecule has 0 aliphatic carbocycles. The van der Waals surface area contributed by atoms with Gasteiger partial charge in [-0.25, -0.2) is 0 Å². The highest BCUT2D eigenvalue weighted by Crippen LogP contribution is 2.32. The molecule has 0 spiro atoms. The molecular weight excluding hydrogens is 384 g/mol. The van der Waals surface area contributed by atoms with Crippen molar-refractivity contribution in [3.05, 3.63) is 80.0 Å². The van der Waals surface area contributed by atoms with Crippen LogP contribution in [0.1, 0.15) is 29.0 Å². The summed E-state index contributed by atoms with van der Waals surface area (Å²) in [7, 11) is 2.15. The molecule has 2 aromatic rings. The maximum atomic E-state index is 10.1. The summed E-state index contributed by atoms with van der Waals surface area (Å²) in [6.45, 7) is 0.106. The van der Waals surface area contributed by atoms with Crippen LogP contribution >= 0.6 is 22.7 Å². The van der Waals surface area contributed by atoms with Crippen LogP contribution in [-0.4, -0.2) is 35.7 Å². The Bertz CT molecular complexity index is 891. The van der Waals surface area contributed by atoms with Gasteiger partial charge in [0.25, 0.3) is 0 Å². The van der Waals surface area contributed by atoms with Crippen LogP contribution in [0.5, 0.6) is 0 Å². The Hall–Kier alpha value is -2.08. The predicted octanol–water partition coefficient (Wildman–Crippen LogP) is 5.12. The van der Waals surface area contributed by atoms with Crippen molar-refractivity contribution in [1.29, 1.82) is 0 Å². The monoisotopic (exact) mass is 410 g/mol. The largest absolute Gasteiger partial charge is 0.392 e. The SMILES string of the molecule is CN1/C(=C(/CO)C2CC=C(/C=C/c3cccs3)N2)CCC1/C=C/c1cccs1. The van der Waals surface area contributed by atoms with Gasteiger partial charge in [0.1, 0.15) is 0 Å². The highest BCUT2D eigenvalue weighted by atomic mass is 32.1. The van der Waals surface area contributed by atoms with E-state index >= 15 is 0 Å². The van der Waals surface area contributed by atoms with Gasteiger partial charge in [-0.05, 0) is 66.0 Å². The zero-order valence-electron chi connectivity index (χ0n) is 16.0. The van der Waals surface area contributed by atoms with Gasteiger partial charge in [0, 0.05) is 34.2 Å². The lowest BCUT2D eigenvalue weighted by Crippen LogP contribution is -2.31. The molecule has 2 atom stereocenters. The van der Waals surface area contributed by atoms with Gasteiger partial charge in [-0.1, -0.05) is 24.3 Å². The van der Waals surface area contributed by atoms with Gasteiger partial charge >= 0.3 is 0 Å². The van der Waals surface area contributed by atoms with E-state index in [1.54, 1.807) is 22.7 Å². The van der Waals surface area contributed by atoms with Crippen LogP contribution < -0.4 is 5.32 Å². The molecular formula is C23H26N2OS2. The van der Waals surface area contributed by atoms with Gasteiger partial charge in [0.05, 0.1) is 12.6 Å². The second kappa shape index (κ2) is 8.95. The molecule has 4 heterocycles. The number of aliphatic hydroxyl groups excluding tert-OH is 1. The Kier molecular flexibility index (Phi) is 6.15. The van der Waals surface area contributed by atoms with Crippen molar-refractivity contribution in [2.24, 2.45) is 0 Å². The van der Waals surface area contributed by atoms with Crippen LogP contribution in [-0.2, 0) is 0 Å². The van der Waals surface area contributed by atoms with Gasteiger partial charge in [0.15, 0.2) is 0 Å². The first-order valence-corrected chi connectivity index (χ1v) is 11.5. The molecule has 1 saturated heterocycles. The van der Waals surface area contributed by atoms with E-state index in [4.69, 9.17) is 0 Å². The van der Waals surface area contributed by atoms with Gasteiger partial charge in [-0.3, -0.25) is 0 Å². The molecule has 5 heteroatoms. The van der Waals surface area contributed by atoms with E-state index in [0.717, 1.165) is 30.5 Å². The summed E-state index contributed by atoms with van der Waals surface area (Å²) >= 11 is 3.50. The van der Waals surface area contributed by atoms with E-state index in [1.165, 1.54) is 15.5 Å². The fraction of sp³-hybridized carbons (Fsp3) is 0.304. The number of likely N-dealkylation sites (N-methyl/N-ethyl adjacent to an activating group) is 1. The molecule has 0 amide bonds. The third kappa shape index (κ3) is 4.32. The van der Waals surface area contributed by atoms with Crippen LogP contribution in [0.4, 0.5) is 0 Å². The Balaban J connectivity index is 1.42. The van der Waals surface area contributed by atoms with Crippen molar-refractivity contribution in [2.75, 3.05) is 13.7 Å². The maximum absolute atomic E-state index is 10.1. The first-order chi connectivity index (χ1) is 13.7. The first-order valence-electron chi connectivity index (χ1n) is 9.70. The van der Waals surface area contributed by atoms with Gasteiger partial charge in [-0.15, -0.1) is 22.7 Å².